The molecule has 0 radical (unpaired) electrons. The summed E-state index contributed by atoms with van der Waals surface area (Å²) in [6.45, 7) is 2.62. The number of hydrogen-bond donors (Lipinski definition) is 0. The number of methoxy groups -OCH3 is 1. The van der Waals surface area contributed by atoms with Crippen LogP contribution in [0.1, 0.15) is 42.4 Å². The number of amides is 2. The Balaban J connectivity index is 1.52. The Morgan fingerprint density at radius 1 is 0.872 bits per heavy atom. The van der Waals surface area contributed by atoms with Gasteiger partial charge in [-0.3, -0.25) is 4.90 Å². The number of benzene rings is 3. The van der Waals surface area contributed by atoms with Gasteiger partial charge < -0.3 is 9.64 Å². The van der Waals surface area contributed by atoms with Crippen LogP contribution >= 0.6 is 0 Å². The maximum Gasteiger partial charge on any atom is 0.334 e. The summed E-state index contributed by atoms with van der Waals surface area (Å²) >= 11 is 0. The normalized spacial score (nSPS) is 23.6. The summed E-state index contributed by atoms with van der Waals surface area (Å²) in [4.78, 5) is 18.1. The van der Waals surface area contributed by atoms with Gasteiger partial charge in [-0.25, -0.2) is 17.5 Å². The molecular formula is C31H37N3O4S. The number of rotatable bonds is 7. The van der Waals surface area contributed by atoms with E-state index in [9.17, 15) is 13.2 Å². The smallest absolute Gasteiger partial charge is 0.334 e. The molecule has 0 unspecified atom stereocenters. The largest absolute Gasteiger partial charge is 0.497 e. The summed E-state index contributed by atoms with van der Waals surface area (Å²) in [5.74, 6) is 0.736. The third kappa shape index (κ3) is 4.80. The number of urea groups is 1. The van der Waals surface area contributed by atoms with E-state index in [-0.39, 0.29) is 10.4 Å². The molecule has 1 saturated carbocycles. The lowest BCUT2D eigenvalue weighted by Gasteiger charge is -2.50. The highest BCUT2D eigenvalue weighted by Crippen LogP contribution is 2.50. The average molecular weight is 548 g/mol. The van der Waals surface area contributed by atoms with E-state index in [2.05, 4.69) is 43.3 Å². The second kappa shape index (κ2) is 10.3. The van der Waals surface area contributed by atoms with Gasteiger partial charge in [0, 0.05) is 18.6 Å². The monoisotopic (exact) mass is 547 g/mol. The zero-order valence-electron chi connectivity index (χ0n) is 23.1. The highest BCUT2D eigenvalue weighted by atomic mass is 32.2. The van der Waals surface area contributed by atoms with Crippen molar-refractivity contribution in [1.82, 2.24) is 14.1 Å². The molecule has 1 aliphatic carbocycles. The summed E-state index contributed by atoms with van der Waals surface area (Å²) in [6.07, 6.45) is 2.65. The van der Waals surface area contributed by atoms with Crippen LogP contribution in [0.4, 0.5) is 4.79 Å². The molecule has 8 heteroatoms. The zero-order chi connectivity index (χ0) is 27.8. The molecule has 0 N–H and O–H groups in total. The summed E-state index contributed by atoms with van der Waals surface area (Å²) in [5.41, 5.74) is 2.07. The number of carbonyl (C=O) groups is 1. The van der Waals surface area contributed by atoms with Crippen molar-refractivity contribution >= 4 is 16.1 Å². The van der Waals surface area contributed by atoms with Gasteiger partial charge in [0.2, 0.25) is 0 Å². The van der Waals surface area contributed by atoms with Gasteiger partial charge in [-0.15, -0.1) is 0 Å². The fraction of sp³-hybridized carbons (Fsp3) is 0.387. The maximum atomic E-state index is 14.1. The Labute approximate surface area is 232 Å². The van der Waals surface area contributed by atoms with Crippen LogP contribution in [0.3, 0.4) is 0 Å². The molecule has 206 valence electrons. The first kappa shape index (κ1) is 27.2. The molecule has 0 atom stereocenters. The van der Waals surface area contributed by atoms with Crippen molar-refractivity contribution < 1.29 is 17.9 Å². The van der Waals surface area contributed by atoms with Gasteiger partial charge in [-0.1, -0.05) is 60.2 Å². The van der Waals surface area contributed by atoms with E-state index in [0.717, 1.165) is 29.7 Å². The predicted molar refractivity (Wildman–Crippen MR) is 152 cm³/mol. The van der Waals surface area contributed by atoms with Crippen molar-refractivity contribution in [3.63, 3.8) is 0 Å². The Bertz CT molecular complexity index is 1410. The minimum Gasteiger partial charge on any atom is -0.497 e. The van der Waals surface area contributed by atoms with Crippen LogP contribution < -0.4 is 4.74 Å². The van der Waals surface area contributed by atoms with E-state index in [0.29, 0.717) is 25.9 Å². The van der Waals surface area contributed by atoms with Crippen molar-refractivity contribution in [2.45, 2.75) is 55.1 Å². The van der Waals surface area contributed by atoms with Gasteiger partial charge in [0.1, 0.15) is 5.75 Å². The third-order valence-corrected chi connectivity index (χ3v) is 10.5. The predicted octanol–water partition coefficient (Wildman–Crippen LogP) is 5.40. The van der Waals surface area contributed by atoms with E-state index >= 15 is 0 Å². The number of aryl methyl sites for hydroxylation is 1. The van der Waals surface area contributed by atoms with E-state index < -0.39 is 21.6 Å². The first-order chi connectivity index (χ1) is 18.6. The zero-order valence-corrected chi connectivity index (χ0v) is 23.9. The summed E-state index contributed by atoms with van der Waals surface area (Å²) in [7, 11) is 1.72. The van der Waals surface area contributed by atoms with E-state index in [1.807, 2.05) is 37.3 Å². The molecule has 5 rings (SSSR count). The molecule has 2 aliphatic rings. The molecule has 3 aromatic carbocycles. The Hall–Kier alpha value is -3.36. The average Bonchev–Trinajstić information content (AvgIpc) is 3.21. The minimum absolute atomic E-state index is 0.152. The molecule has 7 nitrogen and oxygen atoms in total. The van der Waals surface area contributed by atoms with Gasteiger partial charge in [-0.2, -0.15) is 0 Å². The molecule has 2 amide bonds. The molecular weight excluding hydrogens is 510 g/mol. The molecule has 1 heterocycles. The van der Waals surface area contributed by atoms with Gasteiger partial charge in [0.25, 0.3) is 10.0 Å². The van der Waals surface area contributed by atoms with Crippen molar-refractivity contribution in [3.8, 4) is 5.75 Å². The fourth-order valence-corrected chi connectivity index (χ4v) is 8.06. The van der Waals surface area contributed by atoms with Crippen LogP contribution in [-0.4, -0.2) is 61.8 Å². The Morgan fingerprint density at radius 2 is 1.49 bits per heavy atom. The van der Waals surface area contributed by atoms with Gasteiger partial charge >= 0.3 is 6.03 Å². The lowest BCUT2D eigenvalue weighted by molar-refractivity contribution is 0.0447. The molecule has 1 aliphatic heterocycles. The highest BCUT2D eigenvalue weighted by molar-refractivity contribution is 7.89. The van der Waals surface area contributed by atoms with Gasteiger partial charge in [0.05, 0.1) is 17.5 Å². The molecule has 1 spiro atoms. The van der Waals surface area contributed by atoms with Crippen LogP contribution in [-0.2, 0) is 22.1 Å². The number of sulfonamides is 1. The molecule has 3 aromatic rings. The van der Waals surface area contributed by atoms with Crippen molar-refractivity contribution in [1.29, 1.82) is 0 Å². The summed E-state index contributed by atoms with van der Waals surface area (Å²) < 4.78 is 34.7. The van der Waals surface area contributed by atoms with Crippen molar-refractivity contribution in [3.05, 3.63) is 95.6 Å². The summed E-state index contributed by atoms with van der Waals surface area (Å²) in [6, 6.07) is 24.3. The SMILES string of the molecule is COc1ccc(CN2C[C@]3(CC[C@@](c4ccccc4)(N(C)C)CC3)N(S(=O)(=O)c3ccc(C)cc3)C2=O)cc1. The molecule has 0 aromatic heterocycles. The van der Waals surface area contributed by atoms with E-state index in [4.69, 9.17) is 4.74 Å². The van der Waals surface area contributed by atoms with Crippen LogP contribution in [0.25, 0.3) is 0 Å². The Morgan fingerprint density at radius 3 is 2.05 bits per heavy atom. The molecule has 1 saturated heterocycles. The van der Waals surface area contributed by atoms with Gasteiger partial charge in [-0.05, 0) is 82.1 Å². The van der Waals surface area contributed by atoms with Gasteiger partial charge in [0.15, 0.2) is 0 Å². The Kier molecular flexibility index (Phi) is 7.20. The minimum atomic E-state index is -4.06. The molecule has 2 fully saturated rings. The van der Waals surface area contributed by atoms with Crippen molar-refractivity contribution in [2.24, 2.45) is 0 Å². The number of nitrogens with zero attached hydrogens (tertiary/aromatic N) is 3. The topological polar surface area (TPSA) is 70.2 Å². The lowest BCUT2D eigenvalue weighted by Crippen LogP contribution is -2.56. The quantitative estimate of drug-likeness (QED) is 0.396. The highest BCUT2D eigenvalue weighted by Gasteiger charge is 2.58. The first-order valence-corrected chi connectivity index (χ1v) is 14.8. The lowest BCUT2D eigenvalue weighted by atomic mass is 9.69. The second-order valence-electron chi connectivity index (χ2n) is 11.1. The maximum absolute atomic E-state index is 14.1. The molecule has 39 heavy (non-hydrogen) atoms. The second-order valence-corrected chi connectivity index (χ2v) is 12.9. The number of hydrogen-bond acceptors (Lipinski definition) is 5. The van der Waals surface area contributed by atoms with E-state index in [1.54, 1.807) is 36.3 Å². The third-order valence-electron chi connectivity index (χ3n) is 8.63. The number of carbonyl (C=O) groups excluding carboxylic acids is 1. The van der Waals surface area contributed by atoms with Crippen LogP contribution in [0.15, 0.2) is 83.8 Å². The molecule has 0 bridgehead atoms. The first-order valence-electron chi connectivity index (χ1n) is 13.4. The standard InChI is InChI=1S/C31H37N3O4S/c1-24-10-16-28(17-11-24)39(36,37)34-29(35)33(22-25-12-14-27(38-4)15-13-25)23-30(34)18-20-31(21-19-30,32(2)3)26-8-6-5-7-9-26/h5-17H,18-23H2,1-4H3/t30-,31-. The number of ether oxygens (including phenoxy) is 1. The van der Waals surface area contributed by atoms with Crippen LogP contribution in [0.5, 0.6) is 5.75 Å². The van der Waals surface area contributed by atoms with Crippen molar-refractivity contribution in [2.75, 3.05) is 27.7 Å². The summed E-state index contributed by atoms with van der Waals surface area (Å²) in [5, 5.41) is 0. The van der Waals surface area contributed by atoms with E-state index in [1.165, 1.54) is 9.87 Å². The van der Waals surface area contributed by atoms with Crippen LogP contribution in [0, 0.1) is 6.92 Å². The van der Waals surface area contributed by atoms with Crippen LogP contribution in [0.2, 0.25) is 0 Å². The fourth-order valence-electron chi connectivity index (χ4n) is 6.30.